The van der Waals surface area contributed by atoms with Crippen molar-refractivity contribution in [3.8, 4) is 0 Å². The Hall–Kier alpha value is -1.39. The van der Waals surface area contributed by atoms with Crippen molar-refractivity contribution in [3.63, 3.8) is 0 Å². The smallest absolute Gasteiger partial charge is 0.225 e. The monoisotopic (exact) mass is 221 g/mol. The molecule has 0 heterocycles. The summed E-state index contributed by atoms with van der Waals surface area (Å²) in [6.45, 7) is 1.74. The standard InChI is InChI=1S/C11H11NO2S/c1-8-6-9-4-2-3-5-10(9)7-11(8)15(12,13)14/h2-7H,1H3,(H2,12,13,14). The van der Waals surface area contributed by atoms with Crippen LogP contribution in [0.2, 0.25) is 0 Å². The van der Waals surface area contributed by atoms with Crippen molar-refractivity contribution in [2.75, 3.05) is 0 Å². The molecule has 0 aliphatic rings. The molecule has 4 heteroatoms. The zero-order chi connectivity index (χ0) is 11.1. The highest BCUT2D eigenvalue weighted by molar-refractivity contribution is 7.89. The van der Waals surface area contributed by atoms with Crippen LogP contribution in [0, 0.1) is 6.92 Å². The number of hydrogen-bond donors (Lipinski definition) is 1. The van der Waals surface area contributed by atoms with Crippen LogP contribution in [0.1, 0.15) is 5.56 Å². The minimum absolute atomic E-state index is 0.196. The summed E-state index contributed by atoms with van der Waals surface area (Å²) >= 11 is 0. The molecule has 0 aliphatic heterocycles. The van der Waals surface area contributed by atoms with Crippen LogP contribution in [-0.2, 0) is 10.0 Å². The van der Waals surface area contributed by atoms with E-state index in [0.29, 0.717) is 5.56 Å². The van der Waals surface area contributed by atoms with Gasteiger partial charge in [-0.3, -0.25) is 0 Å². The number of fused-ring (bicyclic) bond motifs is 1. The van der Waals surface area contributed by atoms with E-state index in [1.165, 1.54) is 0 Å². The summed E-state index contributed by atoms with van der Waals surface area (Å²) in [6.07, 6.45) is 0. The zero-order valence-electron chi connectivity index (χ0n) is 8.27. The Kier molecular flexibility index (Phi) is 2.25. The average Bonchev–Trinajstić information content (AvgIpc) is 2.15. The lowest BCUT2D eigenvalue weighted by molar-refractivity contribution is 0.597. The van der Waals surface area contributed by atoms with Crippen molar-refractivity contribution < 1.29 is 8.42 Å². The Bertz CT molecular complexity index is 618. The van der Waals surface area contributed by atoms with Crippen LogP contribution in [-0.4, -0.2) is 8.42 Å². The van der Waals surface area contributed by atoms with Crippen molar-refractivity contribution in [2.24, 2.45) is 5.14 Å². The van der Waals surface area contributed by atoms with Crippen molar-refractivity contribution in [3.05, 3.63) is 42.0 Å². The molecule has 0 atom stereocenters. The van der Waals surface area contributed by atoms with E-state index >= 15 is 0 Å². The average molecular weight is 221 g/mol. The molecule has 2 N–H and O–H groups in total. The van der Waals surface area contributed by atoms with Crippen LogP contribution in [0.15, 0.2) is 41.3 Å². The van der Waals surface area contributed by atoms with Gasteiger partial charge in [0.15, 0.2) is 0 Å². The maximum absolute atomic E-state index is 11.3. The van der Waals surface area contributed by atoms with Crippen molar-refractivity contribution >= 4 is 20.8 Å². The van der Waals surface area contributed by atoms with E-state index in [-0.39, 0.29) is 4.90 Å². The molecule has 78 valence electrons. The fraction of sp³-hybridized carbons (Fsp3) is 0.0909. The van der Waals surface area contributed by atoms with Gasteiger partial charge in [0.2, 0.25) is 10.0 Å². The maximum Gasteiger partial charge on any atom is 0.238 e. The summed E-state index contributed by atoms with van der Waals surface area (Å²) in [7, 11) is -3.62. The molecule has 15 heavy (non-hydrogen) atoms. The molecule has 0 aliphatic carbocycles. The van der Waals surface area contributed by atoms with Gasteiger partial charge < -0.3 is 0 Å². The molecule has 0 saturated heterocycles. The van der Waals surface area contributed by atoms with Crippen molar-refractivity contribution in [2.45, 2.75) is 11.8 Å². The fourth-order valence-electron chi connectivity index (χ4n) is 1.64. The normalized spacial score (nSPS) is 11.9. The van der Waals surface area contributed by atoms with Gasteiger partial charge >= 0.3 is 0 Å². The summed E-state index contributed by atoms with van der Waals surface area (Å²) in [5.74, 6) is 0. The highest BCUT2D eigenvalue weighted by Gasteiger charge is 2.11. The molecule has 0 saturated carbocycles. The van der Waals surface area contributed by atoms with Crippen LogP contribution in [0.4, 0.5) is 0 Å². The summed E-state index contributed by atoms with van der Waals surface area (Å²) < 4.78 is 22.6. The molecule has 2 rings (SSSR count). The predicted octanol–water partition coefficient (Wildman–Crippen LogP) is 1.80. The minimum Gasteiger partial charge on any atom is -0.225 e. The van der Waals surface area contributed by atoms with Crippen LogP contribution in [0.3, 0.4) is 0 Å². The second-order valence-electron chi connectivity index (χ2n) is 3.51. The lowest BCUT2D eigenvalue weighted by Crippen LogP contribution is -2.13. The molecule has 0 bridgehead atoms. The number of hydrogen-bond acceptors (Lipinski definition) is 2. The first kappa shape index (κ1) is 10.1. The number of aryl methyl sites for hydroxylation is 1. The summed E-state index contributed by atoms with van der Waals surface area (Å²) in [5.41, 5.74) is 0.677. The topological polar surface area (TPSA) is 60.2 Å². The second kappa shape index (κ2) is 3.32. The lowest BCUT2D eigenvalue weighted by Gasteiger charge is -2.05. The third-order valence-corrected chi connectivity index (χ3v) is 3.40. The Morgan fingerprint density at radius 1 is 1.07 bits per heavy atom. The molecule has 0 fully saturated rings. The summed E-state index contributed by atoms with van der Waals surface area (Å²) in [4.78, 5) is 0.196. The summed E-state index contributed by atoms with van der Waals surface area (Å²) in [6, 6.07) is 11.0. The van der Waals surface area contributed by atoms with Gasteiger partial charge in [-0.05, 0) is 29.3 Å². The van der Waals surface area contributed by atoms with Gasteiger partial charge in [0.1, 0.15) is 0 Å². The SMILES string of the molecule is Cc1cc2ccccc2cc1S(N)(=O)=O. The molecular formula is C11H11NO2S. The van der Waals surface area contributed by atoms with E-state index in [1.54, 1.807) is 13.0 Å². The van der Waals surface area contributed by atoms with Gasteiger partial charge in [0, 0.05) is 0 Å². The van der Waals surface area contributed by atoms with E-state index in [2.05, 4.69) is 0 Å². The quantitative estimate of drug-likeness (QED) is 0.798. The Morgan fingerprint density at radius 2 is 1.60 bits per heavy atom. The van der Waals surface area contributed by atoms with Crippen LogP contribution in [0.25, 0.3) is 10.8 Å². The Labute approximate surface area is 88.6 Å². The number of primary sulfonamides is 1. The molecular weight excluding hydrogens is 210 g/mol. The largest absolute Gasteiger partial charge is 0.238 e. The van der Waals surface area contributed by atoms with Crippen molar-refractivity contribution in [1.82, 2.24) is 0 Å². The third-order valence-electron chi connectivity index (χ3n) is 2.35. The first-order chi connectivity index (χ1) is 6.98. The zero-order valence-corrected chi connectivity index (χ0v) is 9.08. The highest BCUT2D eigenvalue weighted by atomic mass is 32.2. The molecule has 0 spiro atoms. The van der Waals surface area contributed by atoms with E-state index < -0.39 is 10.0 Å². The number of sulfonamides is 1. The first-order valence-corrected chi connectivity index (χ1v) is 6.05. The van der Waals surface area contributed by atoms with Crippen molar-refractivity contribution in [1.29, 1.82) is 0 Å². The minimum atomic E-state index is -3.62. The van der Waals surface area contributed by atoms with Gasteiger partial charge in [0.25, 0.3) is 0 Å². The molecule has 3 nitrogen and oxygen atoms in total. The van der Waals surface area contributed by atoms with Crippen LogP contribution >= 0.6 is 0 Å². The van der Waals surface area contributed by atoms with Crippen LogP contribution in [0.5, 0.6) is 0 Å². The van der Waals surface area contributed by atoms with Gasteiger partial charge in [-0.15, -0.1) is 0 Å². The molecule has 0 aromatic heterocycles. The van der Waals surface area contributed by atoms with Crippen LogP contribution < -0.4 is 5.14 Å². The Balaban J connectivity index is 2.84. The molecule has 2 aromatic rings. The van der Waals surface area contributed by atoms with Gasteiger partial charge in [-0.25, -0.2) is 13.6 Å². The number of nitrogens with two attached hydrogens (primary N) is 1. The van der Waals surface area contributed by atoms with E-state index in [1.807, 2.05) is 30.3 Å². The molecule has 0 amide bonds. The second-order valence-corrected chi connectivity index (χ2v) is 5.04. The lowest BCUT2D eigenvalue weighted by atomic mass is 10.1. The van der Waals surface area contributed by atoms with Gasteiger partial charge in [-0.2, -0.15) is 0 Å². The van der Waals surface area contributed by atoms with Gasteiger partial charge in [-0.1, -0.05) is 30.3 Å². The van der Waals surface area contributed by atoms with E-state index in [4.69, 9.17) is 5.14 Å². The van der Waals surface area contributed by atoms with Gasteiger partial charge in [0.05, 0.1) is 4.90 Å². The molecule has 0 unspecified atom stereocenters. The molecule has 2 aromatic carbocycles. The fourth-order valence-corrected chi connectivity index (χ4v) is 2.44. The highest BCUT2D eigenvalue weighted by Crippen LogP contribution is 2.21. The predicted molar refractivity (Wildman–Crippen MR) is 60.1 cm³/mol. The maximum atomic E-state index is 11.3. The number of rotatable bonds is 1. The van der Waals surface area contributed by atoms with E-state index in [9.17, 15) is 8.42 Å². The van der Waals surface area contributed by atoms with E-state index in [0.717, 1.165) is 10.8 Å². The Morgan fingerprint density at radius 3 is 2.13 bits per heavy atom. The molecule has 0 radical (unpaired) electrons. The summed E-state index contributed by atoms with van der Waals surface area (Å²) in [5, 5.41) is 7.02. The third kappa shape index (κ3) is 1.86. The first-order valence-electron chi connectivity index (χ1n) is 4.51. The number of benzene rings is 2.